The molecule has 2 rings (SSSR count). The average molecular weight is 420 g/mol. The Bertz CT molecular complexity index is 742. The summed E-state index contributed by atoms with van der Waals surface area (Å²) in [5.41, 5.74) is 1.01. The lowest BCUT2D eigenvalue weighted by Crippen LogP contribution is -2.14. The molecule has 0 bridgehead atoms. The summed E-state index contributed by atoms with van der Waals surface area (Å²) in [4.78, 5) is 15.8. The standard InChI is InChI=1S/C23H30FNO3S/c1-3-5-9-18(4-2)16-28-23(26)12-13-29-22-15-20(14-21(24)25-22)27-17-19-10-7-6-8-11-19/h6-8,10-11,14-15,18H,3-5,9,12-13,16-17H2,1-2H3. The number of aromatic nitrogens is 1. The number of nitrogens with zero attached hydrogens (tertiary/aromatic N) is 1. The zero-order valence-corrected chi connectivity index (χ0v) is 18.1. The Morgan fingerprint density at radius 2 is 2.00 bits per heavy atom. The molecule has 29 heavy (non-hydrogen) atoms. The van der Waals surface area contributed by atoms with Gasteiger partial charge in [-0.2, -0.15) is 4.39 Å². The number of pyridine rings is 1. The molecule has 2 aromatic rings. The minimum atomic E-state index is -0.595. The first kappa shape index (κ1) is 23.2. The Morgan fingerprint density at radius 3 is 2.72 bits per heavy atom. The van der Waals surface area contributed by atoms with Crippen molar-refractivity contribution in [3.63, 3.8) is 0 Å². The predicted octanol–water partition coefficient (Wildman–Crippen LogP) is 6.04. The first-order valence-corrected chi connectivity index (χ1v) is 11.2. The molecule has 1 heterocycles. The van der Waals surface area contributed by atoms with E-state index in [9.17, 15) is 9.18 Å². The molecule has 1 aromatic heterocycles. The van der Waals surface area contributed by atoms with Gasteiger partial charge in [-0.1, -0.05) is 63.4 Å². The van der Waals surface area contributed by atoms with Crippen molar-refractivity contribution in [2.45, 2.75) is 57.6 Å². The summed E-state index contributed by atoms with van der Waals surface area (Å²) in [6.45, 7) is 5.12. The molecule has 0 saturated carbocycles. The molecule has 158 valence electrons. The van der Waals surface area contributed by atoms with Gasteiger partial charge in [-0.15, -0.1) is 11.8 Å². The summed E-state index contributed by atoms with van der Waals surface area (Å²) in [7, 11) is 0. The smallest absolute Gasteiger partial charge is 0.306 e. The molecule has 0 N–H and O–H groups in total. The minimum Gasteiger partial charge on any atom is -0.489 e. The molecule has 6 heteroatoms. The second kappa shape index (κ2) is 13.2. The van der Waals surface area contributed by atoms with Gasteiger partial charge in [0, 0.05) is 17.9 Å². The van der Waals surface area contributed by atoms with E-state index in [1.165, 1.54) is 17.8 Å². The van der Waals surface area contributed by atoms with Crippen LogP contribution in [0.4, 0.5) is 4.39 Å². The van der Waals surface area contributed by atoms with Crippen molar-refractivity contribution in [3.8, 4) is 5.75 Å². The van der Waals surface area contributed by atoms with Gasteiger partial charge in [0.1, 0.15) is 17.4 Å². The Morgan fingerprint density at radius 1 is 1.21 bits per heavy atom. The van der Waals surface area contributed by atoms with E-state index >= 15 is 0 Å². The predicted molar refractivity (Wildman–Crippen MR) is 115 cm³/mol. The normalized spacial score (nSPS) is 11.8. The molecule has 0 saturated heterocycles. The Balaban J connectivity index is 1.75. The van der Waals surface area contributed by atoms with Gasteiger partial charge in [0.2, 0.25) is 5.95 Å². The van der Waals surface area contributed by atoms with Crippen molar-refractivity contribution in [1.29, 1.82) is 0 Å². The Kier molecular flexibility index (Phi) is 10.6. The fourth-order valence-electron chi connectivity index (χ4n) is 2.77. The molecule has 0 aliphatic carbocycles. The van der Waals surface area contributed by atoms with Crippen LogP contribution in [0, 0.1) is 11.9 Å². The highest BCUT2D eigenvalue weighted by Gasteiger charge is 2.11. The molecule has 1 unspecified atom stereocenters. The third kappa shape index (κ3) is 9.31. The van der Waals surface area contributed by atoms with E-state index in [1.807, 2.05) is 30.3 Å². The lowest BCUT2D eigenvalue weighted by molar-refractivity contribution is -0.144. The van der Waals surface area contributed by atoms with E-state index in [4.69, 9.17) is 9.47 Å². The topological polar surface area (TPSA) is 48.4 Å². The van der Waals surface area contributed by atoms with Crippen LogP contribution in [0.2, 0.25) is 0 Å². The number of carbonyl (C=O) groups is 1. The molecule has 0 radical (unpaired) electrons. The highest BCUT2D eigenvalue weighted by atomic mass is 32.2. The van der Waals surface area contributed by atoms with Gasteiger partial charge in [0.15, 0.2) is 0 Å². The summed E-state index contributed by atoms with van der Waals surface area (Å²) in [6, 6.07) is 12.6. The van der Waals surface area contributed by atoms with Crippen molar-refractivity contribution in [1.82, 2.24) is 4.98 Å². The van der Waals surface area contributed by atoms with Crippen molar-refractivity contribution < 1.29 is 18.7 Å². The number of hydrogen-bond donors (Lipinski definition) is 0. The molecule has 4 nitrogen and oxygen atoms in total. The number of thioether (sulfide) groups is 1. The van der Waals surface area contributed by atoms with Crippen molar-refractivity contribution >= 4 is 17.7 Å². The molecule has 1 atom stereocenters. The van der Waals surface area contributed by atoms with Gasteiger partial charge in [-0.05, 0) is 17.9 Å². The first-order chi connectivity index (χ1) is 14.1. The highest BCUT2D eigenvalue weighted by Crippen LogP contribution is 2.23. The summed E-state index contributed by atoms with van der Waals surface area (Å²) in [6.07, 6.45) is 4.69. The van der Waals surface area contributed by atoms with Crippen molar-refractivity contribution in [3.05, 3.63) is 54.0 Å². The maximum absolute atomic E-state index is 13.8. The van der Waals surface area contributed by atoms with E-state index in [0.717, 1.165) is 31.2 Å². The lowest BCUT2D eigenvalue weighted by atomic mass is 10.0. The fraction of sp³-hybridized carbons (Fsp3) is 0.478. The lowest BCUT2D eigenvalue weighted by Gasteiger charge is -2.14. The minimum absolute atomic E-state index is 0.218. The molecule has 0 aliphatic rings. The largest absolute Gasteiger partial charge is 0.489 e. The summed E-state index contributed by atoms with van der Waals surface area (Å²) < 4.78 is 24.9. The average Bonchev–Trinajstić information content (AvgIpc) is 2.73. The number of halogens is 1. The number of carbonyl (C=O) groups excluding carboxylic acids is 1. The van der Waals surface area contributed by atoms with Gasteiger partial charge in [-0.3, -0.25) is 4.79 Å². The van der Waals surface area contributed by atoms with Crippen molar-refractivity contribution in [2.24, 2.45) is 5.92 Å². The molecular weight excluding hydrogens is 389 g/mol. The maximum Gasteiger partial charge on any atom is 0.306 e. The first-order valence-electron chi connectivity index (χ1n) is 10.2. The second-order valence-electron chi connectivity index (χ2n) is 6.94. The van der Waals surface area contributed by atoms with Crippen LogP contribution in [0.5, 0.6) is 5.75 Å². The highest BCUT2D eigenvalue weighted by molar-refractivity contribution is 7.99. The quantitative estimate of drug-likeness (QED) is 0.225. The third-order valence-electron chi connectivity index (χ3n) is 4.57. The van der Waals surface area contributed by atoms with Crippen LogP contribution in [0.25, 0.3) is 0 Å². The third-order valence-corrected chi connectivity index (χ3v) is 5.49. The maximum atomic E-state index is 13.8. The zero-order valence-electron chi connectivity index (χ0n) is 17.2. The second-order valence-corrected chi connectivity index (χ2v) is 8.05. The molecule has 0 spiro atoms. The molecule has 0 aliphatic heterocycles. The van der Waals surface area contributed by atoms with E-state index in [-0.39, 0.29) is 12.4 Å². The van der Waals surface area contributed by atoms with Crippen LogP contribution in [0.15, 0.2) is 47.5 Å². The van der Waals surface area contributed by atoms with E-state index in [1.54, 1.807) is 6.07 Å². The van der Waals surface area contributed by atoms with E-state index in [0.29, 0.717) is 35.7 Å². The summed E-state index contributed by atoms with van der Waals surface area (Å²) in [5, 5.41) is 0.496. The number of rotatable bonds is 13. The van der Waals surface area contributed by atoms with Crippen LogP contribution in [-0.4, -0.2) is 23.3 Å². The van der Waals surface area contributed by atoms with Gasteiger partial charge >= 0.3 is 5.97 Å². The van der Waals surface area contributed by atoms with Gasteiger partial charge in [0.25, 0.3) is 0 Å². The monoisotopic (exact) mass is 419 g/mol. The van der Waals surface area contributed by atoms with Gasteiger partial charge < -0.3 is 9.47 Å². The van der Waals surface area contributed by atoms with E-state index < -0.39 is 5.95 Å². The Hall–Kier alpha value is -2.08. The van der Waals surface area contributed by atoms with Crippen LogP contribution < -0.4 is 4.74 Å². The van der Waals surface area contributed by atoms with Crippen LogP contribution >= 0.6 is 11.8 Å². The molecule has 0 amide bonds. The van der Waals surface area contributed by atoms with Gasteiger partial charge in [-0.25, -0.2) is 4.98 Å². The van der Waals surface area contributed by atoms with Crippen LogP contribution in [0.3, 0.4) is 0 Å². The van der Waals surface area contributed by atoms with Gasteiger partial charge in [0.05, 0.1) is 13.0 Å². The van der Waals surface area contributed by atoms with Crippen LogP contribution in [0.1, 0.15) is 51.5 Å². The molecule has 0 fully saturated rings. The number of benzene rings is 1. The van der Waals surface area contributed by atoms with E-state index in [2.05, 4.69) is 18.8 Å². The fourth-order valence-corrected chi connectivity index (χ4v) is 3.60. The van der Waals surface area contributed by atoms with Crippen LogP contribution in [-0.2, 0) is 16.1 Å². The summed E-state index contributed by atoms with van der Waals surface area (Å²) >= 11 is 1.32. The Labute approximate surface area is 177 Å². The molecule has 1 aromatic carbocycles. The number of ether oxygens (including phenoxy) is 2. The summed E-state index contributed by atoms with van der Waals surface area (Å²) in [5.74, 6) is 0.528. The molecular formula is C23H30FNO3S. The van der Waals surface area contributed by atoms with Crippen molar-refractivity contribution in [2.75, 3.05) is 12.4 Å². The SMILES string of the molecule is CCCCC(CC)COC(=O)CCSc1cc(OCc2ccccc2)cc(F)n1. The zero-order chi connectivity index (χ0) is 20.9. The number of unbranched alkanes of at least 4 members (excludes halogenated alkanes) is 1. The number of hydrogen-bond acceptors (Lipinski definition) is 5. The number of esters is 1.